The van der Waals surface area contributed by atoms with Crippen LogP contribution in [0.2, 0.25) is 0 Å². The van der Waals surface area contributed by atoms with Gasteiger partial charge in [-0.3, -0.25) is 9.20 Å². The molecule has 146 valence electrons. The molecular weight excluding hydrogens is 352 g/mol. The number of rotatable bonds is 9. The van der Waals surface area contributed by atoms with E-state index in [1.54, 1.807) is 6.92 Å². The molecule has 0 amide bonds. The highest BCUT2D eigenvalue weighted by Crippen LogP contribution is 2.23. The van der Waals surface area contributed by atoms with Crippen molar-refractivity contribution < 1.29 is 14.3 Å². The fraction of sp³-hybridized carbons (Fsp3) is 0.348. The molecule has 0 saturated heterocycles. The molecule has 0 saturated carbocycles. The Labute approximate surface area is 165 Å². The van der Waals surface area contributed by atoms with Gasteiger partial charge in [-0.1, -0.05) is 24.3 Å². The molecule has 5 heteroatoms. The minimum absolute atomic E-state index is 0.0688. The average molecular weight is 378 g/mol. The van der Waals surface area contributed by atoms with Gasteiger partial charge in [0, 0.05) is 19.0 Å². The zero-order valence-electron chi connectivity index (χ0n) is 16.7. The predicted molar refractivity (Wildman–Crippen MR) is 109 cm³/mol. The second-order valence-corrected chi connectivity index (χ2v) is 6.99. The molecule has 1 aromatic carbocycles. The van der Waals surface area contributed by atoms with E-state index in [0.29, 0.717) is 43.0 Å². The van der Waals surface area contributed by atoms with E-state index in [1.165, 1.54) is 0 Å². The number of hydrogen-bond acceptors (Lipinski definition) is 4. The first kappa shape index (κ1) is 19.8. The molecule has 0 aliphatic heterocycles. The fourth-order valence-electron chi connectivity index (χ4n) is 3.33. The summed E-state index contributed by atoms with van der Waals surface area (Å²) in [7, 11) is 0. The molecular formula is C23H26N2O3. The van der Waals surface area contributed by atoms with Crippen molar-refractivity contribution in [3.8, 4) is 5.75 Å². The molecule has 0 bridgehead atoms. The molecule has 0 N–H and O–H groups in total. The third kappa shape index (κ3) is 4.47. The molecule has 2 heterocycles. The lowest BCUT2D eigenvalue weighted by Crippen LogP contribution is -2.07. The SMILES string of the molecule is CCOc1cccn2c(C(=O)CCc3ccc(CCC(C)=O)cc3)c(C)nc12. The van der Waals surface area contributed by atoms with E-state index in [0.717, 1.165) is 23.2 Å². The molecule has 5 nitrogen and oxygen atoms in total. The van der Waals surface area contributed by atoms with Crippen molar-refractivity contribution in [1.82, 2.24) is 9.38 Å². The van der Waals surface area contributed by atoms with Crippen molar-refractivity contribution in [2.24, 2.45) is 0 Å². The Morgan fingerprint density at radius 3 is 2.29 bits per heavy atom. The second kappa shape index (κ2) is 8.83. The van der Waals surface area contributed by atoms with Gasteiger partial charge in [-0.15, -0.1) is 0 Å². The van der Waals surface area contributed by atoms with Crippen LogP contribution in [0.5, 0.6) is 5.75 Å². The number of aromatic nitrogens is 2. The third-order valence-electron chi connectivity index (χ3n) is 4.78. The van der Waals surface area contributed by atoms with Gasteiger partial charge < -0.3 is 9.53 Å². The lowest BCUT2D eigenvalue weighted by molar-refractivity contribution is -0.116. The lowest BCUT2D eigenvalue weighted by Gasteiger charge is -2.07. The zero-order valence-corrected chi connectivity index (χ0v) is 16.7. The smallest absolute Gasteiger partial charge is 0.181 e. The molecule has 3 rings (SSSR count). The van der Waals surface area contributed by atoms with Crippen LogP contribution in [-0.2, 0) is 17.6 Å². The van der Waals surface area contributed by atoms with Crippen LogP contribution in [0.4, 0.5) is 0 Å². The summed E-state index contributed by atoms with van der Waals surface area (Å²) >= 11 is 0. The molecule has 0 atom stereocenters. The Morgan fingerprint density at radius 2 is 1.68 bits per heavy atom. The molecule has 2 aromatic heterocycles. The Hall–Kier alpha value is -2.95. The maximum absolute atomic E-state index is 12.9. The first-order valence-electron chi connectivity index (χ1n) is 9.70. The highest BCUT2D eigenvalue weighted by molar-refractivity contribution is 5.96. The minimum Gasteiger partial charge on any atom is -0.490 e. The van der Waals surface area contributed by atoms with Crippen molar-refractivity contribution in [3.05, 3.63) is 65.1 Å². The number of carbonyl (C=O) groups excluding carboxylic acids is 2. The van der Waals surface area contributed by atoms with Crippen LogP contribution in [0.1, 0.15) is 54.0 Å². The number of ketones is 2. The van der Waals surface area contributed by atoms with Gasteiger partial charge in [0.25, 0.3) is 0 Å². The summed E-state index contributed by atoms with van der Waals surface area (Å²) in [5, 5.41) is 0. The van der Waals surface area contributed by atoms with Gasteiger partial charge in [0.1, 0.15) is 11.5 Å². The van der Waals surface area contributed by atoms with Crippen LogP contribution in [0.15, 0.2) is 42.6 Å². The van der Waals surface area contributed by atoms with E-state index in [4.69, 9.17) is 4.74 Å². The zero-order chi connectivity index (χ0) is 20.1. The van der Waals surface area contributed by atoms with Crippen molar-refractivity contribution in [2.45, 2.75) is 46.5 Å². The van der Waals surface area contributed by atoms with Crippen molar-refractivity contribution in [3.63, 3.8) is 0 Å². The number of ether oxygens (including phenoxy) is 1. The average Bonchev–Trinajstić information content (AvgIpc) is 3.02. The van der Waals surface area contributed by atoms with E-state index in [-0.39, 0.29) is 11.6 Å². The maximum Gasteiger partial charge on any atom is 0.181 e. The van der Waals surface area contributed by atoms with Crippen LogP contribution >= 0.6 is 0 Å². The van der Waals surface area contributed by atoms with Gasteiger partial charge in [0.15, 0.2) is 17.2 Å². The molecule has 0 fully saturated rings. The molecule has 0 radical (unpaired) electrons. The molecule has 0 aliphatic carbocycles. The molecule has 28 heavy (non-hydrogen) atoms. The van der Waals surface area contributed by atoms with Crippen LogP contribution in [0.3, 0.4) is 0 Å². The van der Waals surface area contributed by atoms with Crippen molar-refractivity contribution in [1.29, 1.82) is 0 Å². The van der Waals surface area contributed by atoms with Gasteiger partial charge in [-0.25, -0.2) is 4.98 Å². The molecule has 0 aliphatic rings. The van der Waals surface area contributed by atoms with Crippen molar-refractivity contribution in [2.75, 3.05) is 6.61 Å². The van der Waals surface area contributed by atoms with Gasteiger partial charge in [0.2, 0.25) is 0 Å². The summed E-state index contributed by atoms with van der Waals surface area (Å²) in [6, 6.07) is 11.9. The van der Waals surface area contributed by atoms with Gasteiger partial charge in [-0.2, -0.15) is 0 Å². The quantitative estimate of drug-likeness (QED) is 0.519. The van der Waals surface area contributed by atoms with Gasteiger partial charge in [0.05, 0.1) is 12.3 Å². The number of imidazole rings is 1. The molecule has 0 spiro atoms. The number of benzene rings is 1. The number of aryl methyl sites for hydroxylation is 3. The van der Waals surface area contributed by atoms with Gasteiger partial charge in [-0.05, 0) is 56.9 Å². The van der Waals surface area contributed by atoms with E-state index < -0.39 is 0 Å². The second-order valence-electron chi connectivity index (χ2n) is 6.99. The molecule has 0 unspecified atom stereocenters. The van der Waals surface area contributed by atoms with E-state index in [2.05, 4.69) is 4.98 Å². The molecule has 3 aromatic rings. The topological polar surface area (TPSA) is 60.7 Å². The number of carbonyl (C=O) groups is 2. The van der Waals surface area contributed by atoms with Crippen LogP contribution in [0.25, 0.3) is 5.65 Å². The third-order valence-corrected chi connectivity index (χ3v) is 4.78. The monoisotopic (exact) mass is 378 g/mol. The van der Waals surface area contributed by atoms with E-state index >= 15 is 0 Å². The lowest BCUT2D eigenvalue weighted by atomic mass is 10.0. The number of hydrogen-bond donors (Lipinski definition) is 0. The van der Waals surface area contributed by atoms with Crippen LogP contribution < -0.4 is 4.74 Å². The fourth-order valence-corrected chi connectivity index (χ4v) is 3.33. The van der Waals surface area contributed by atoms with E-state index in [1.807, 2.05) is 60.8 Å². The Balaban J connectivity index is 1.71. The summed E-state index contributed by atoms with van der Waals surface area (Å²) < 4.78 is 7.45. The summed E-state index contributed by atoms with van der Waals surface area (Å²) in [4.78, 5) is 28.5. The van der Waals surface area contributed by atoms with E-state index in [9.17, 15) is 9.59 Å². The van der Waals surface area contributed by atoms with Crippen LogP contribution in [0, 0.1) is 6.92 Å². The maximum atomic E-state index is 12.9. The highest BCUT2D eigenvalue weighted by atomic mass is 16.5. The van der Waals surface area contributed by atoms with Gasteiger partial charge >= 0.3 is 0 Å². The normalized spacial score (nSPS) is 11.0. The summed E-state index contributed by atoms with van der Waals surface area (Å²) in [6.45, 7) is 5.95. The largest absolute Gasteiger partial charge is 0.490 e. The summed E-state index contributed by atoms with van der Waals surface area (Å²) in [5.41, 5.74) is 4.28. The Bertz CT molecular complexity index is 987. The Morgan fingerprint density at radius 1 is 1.04 bits per heavy atom. The highest BCUT2D eigenvalue weighted by Gasteiger charge is 2.18. The first-order chi connectivity index (χ1) is 13.5. The number of Topliss-reactive ketones (excluding diaryl/α,β-unsaturated/α-hetero) is 2. The number of pyridine rings is 1. The Kier molecular flexibility index (Phi) is 6.24. The number of nitrogens with zero attached hydrogens (tertiary/aromatic N) is 2. The standard InChI is InChI=1S/C23H26N2O3/c1-4-28-21-6-5-15-25-22(17(3)24-23(21)25)20(27)14-13-19-11-9-18(10-12-19)8-7-16(2)26/h5-6,9-12,15H,4,7-8,13-14H2,1-3H3. The predicted octanol–water partition coefficient (Wildman–Crippen LogP) is 4.38. The summed E-state index contributed by atoms with van der Waals surface area (Å²) in [6.07, 6.45) is 4.27. The van der Waals surface area contributed by atoms with Crippen molar-refractivity contribution >= 4 is 17.2 Å². The van der Waals surface area contributed by atoms with Crippen LogP contribution in [-0.4, -0.2) is 27.6 Å². The number of fused-ring (bicyclic) bond motifs is 1. The first-order valence-corrected chi connectivity index (χ1v) is 9.70. The summed E-state index contributed by atoms with van der Waals surface area (Å²) in [5.74, 6) is 0.957. The minimum atomic E-state index is 0.0688.